The van der Waals surface area contributed by atoms with Crippen molar-refractivity contribution in [1.29, 1.82) is 5.26 Å². The van der Waals surface area contributed by atoms with Gasteiger partial charge in [-0.3, -0.25) is 0 Å². The number of hydrogen-bond acceptors (Lipinski definition) is 1. The van der Waals surface area contributed by atoms with Crippen molar-refractivity contribution < 1.29 is 0 Å². The standard InChI is InChI=1S/C17H23N/c1-3-8-16(17(14-18)9-4-2)13-12-15-10-6-5-7-11-15/h10H,3-9,11H2,1-2H3/b17-16-. The molecule has 0 N–H and O–H groups in total. The maximum absolute atomic E-state index is 9.20. The zero-order valence-corrected chi connectivity index (χ0v) is 11.7. The van der Waals surface area contributed by atoms with E-state index in [2.05, 4.69) is 37.8 Å². The highest BCUT2D eigenvalue weighted by Crippen LogP contribution is 2.18. The van der Waals surface area contributed by atoms with Gasteiger partial charge in [0.25, 0.3) is 0 Å². The number of nitrogens with zero attached hydrogens (tertiary/aromatic N) is 1. The van der Waals surface area contributed by atoms with E-state index in [9.17, 15) is 5.26 Å². The first kappa shape index (κ1) is 14.6. The Bertz CT molecular complexity index is 421. The molecular weight excluding hydrogens is 218 g/mol. The summed E-state index contributed by atoms with van der Waals surface area (Å²) in [7, 11) is 0. The summed E-state index contributed by atoms with van der Waals surface area (Å²) in [5.74, 6) is 6.55. The molecule has 1 heteroatoms. The van der Waals surface area contributed by atoms with Crippen LogP contribution in [0.2, 0.25) is 0 Å². The SMILES string of the molecule is CCC/C(C#N)=C(/C#CC1=CCCCC1)CCC. The highest BCUT2D eigenvalue weighted by molar-refractivity contribution is 5.44. The van der Waals surface area contributed by atoms with Crippen LogP contribution in [0.5, 0.6) is 0 Å². The summed E-state index contributed by atoms with van der Waals surface area (Å²) in [5.41, 5.74) is 3.22. The van der Waals surface area contributed by atoms with Crippen molar-refractivity contribution in [3.8, 4) is 17.9 Å². The fourth-order valence-electron chi connectivity index (χ4n) is 2.17. The largest absolute Gasteiger partial charge is 0.193 e. The van der Waals surface area contributed by atoms with Crippen LogP contribution in [-0.2, 0) is 0 Å². The molecule has 1 aliphatic carbocycles. The minimum absolute atomic E-state index is 0.861. The molecule has 0 amide bonds. The molecule has 1 nitrogen and oxygen atoms in total. The molecule has 0 heterocycles. The van der Waals surface area contributed by atoms with Crippen molar-refractivity contribution in [1.82, 2.24) is 0 Å². The molecule has 1 aliphatic rings. The molecule has 0 spiro atoms. The number of nitriles is 1. The van der Waals surface area contributed by atoms with E-state index < -0.39 is 0 Å². The first-order valence-electron chi connectivity index (χ1n) is 7.15. The van der Waals surface area contributed by atoms with Crippen LogP contribution in [0.15, 0.2) is 22.8 Å². The van der Waals surface area contributed by atoms with E-state index in [0.29, 0.717) is 0 Å². The van der Waals surface area contributed by atoms with Crippen LogP contribution in [0.4, 0.5) is 0 Å². The van der Waals surface area contributed by atoms with Crippen LogP contribution in [0.3, 0.4) is 0 Å². The lowest BCUT2D eigenvalue weighted by Crippen LogP contribution is -1.91. The molecule has 0 saturated carbocycles. The van der Waals surface area contributed by atoms with Crippen LogP contribution < -0.4 is 0 Å². The van der Waals surface area contributed by atoms with Gasteiger partial charge in [-0.15, -0.1) is 0 Å². The highest BCUT2D eigenvalue weighted by atomic mass is 14.2. The van der Waals surface area contributed by atoms with Gasteiger partial charge < -0.3 is 0 Å². The zero-order valence-electron chi connectivity index (χ0n) is 11.7. The average Bonchev–Trinajstić information content (AvgIpc) is 2.42. The van der Waals surface area contributed by atoms with Gasteiger partial charge in [0.2, 0.25) is 0 Å². The van der Waals surface area contributed by atoms with Crippen LogP contribution >= 0.6 is 0 Å². The van der Waals surface area contributed by atoms with E-state index in [1.54, 1.807) is 0 Å². The van der Waals surface area contributed by atoms with Gasteiger partial charge in [0.1, 0.15) is 0 Å². The lowest BCUT2D eigenvalue weighted by molar-refractivity contribution is 0.715. The van der Waals surface area contributed by atoms with Crippen LogP contribution in [0.25, 0.3) is 0 Å². The van der Waals surface area contributed by atoms with Gasteiger partial charge in [0.15, 0.2) is 0 Å². The summed E-state index contributed by atoms with van der Waals surface area (Å²) in [5, 5.41) is 9.20. The maximum atomic E-state index is 9.20. The fourth-order valence-corrected chi connectivity index (χ4v) is 2.17. The Labute approximate surface area is 112 Å². The normalized spacial score (nSPS) is 15.9. The van der Waals surface area contributed by atoms with E-state index in [1.807, 2.05) is 0 Å². The lowest BCUT2D eigenvalue weighted by Gasteiger charge is -2.06. The monoisotopic (exact) mass is 241 g/mol. The minimum Gasteiger partial charge on any atom is -0.193 e. The molecule has 0 bridgehead atoms. The third kappa shape index (κ3) is 4.80. The predicted molar refractivity (Wildman–Crippen MR) is 76.8 cm³/mol. The Morgan fingerprint density at radius 3 is 2.44 bits per heavy atom. The Kier molecular flexibility index (Phi) is 6.97. The van der Waals surface area contributed by atoms with Gasteiger partial charge in [-0.25, -0.2) is 0 Å². The molecule has 0 aliphatic heterocycles. The first-order chi connectivity index (χ1) is 8.81. The van der Waals surface area contributed by atoms with Gasteiger partial charge in [0, 0.05) is 11.1 Å². The van der Waals surface area contributed by atoms with Crippen molar-refractivity contribution in [3.05, 3.63) is 22.8 Å². The molecule has 0 saturated heterocycles. The second kappa shape index (κ2) is 8.60. The second-order valence-corrected chi connectivity index (χ2v) is 4.79. The quantitative estimate of drug-likeness (QED) is 0.506. The molecular formula is C17H23N. The van der Waals surface area contributed by atoms with Crippen molar-refractivity contribution in [2.75, 3.05) is 0 Å². The van der Waals surface area contributed by atoms with Gasteiger partial charge in [-0.05, 0) is 44.1 Å². The molecule has 0 unspecified atom stereocenters. The van der Waals surface area contributed by atoms with Gasteiger partial charge in [0.05, 0.1) is 6.07 Å². The average molecular weight is 241 g/mol. The Morgan fingerprint density at radius 1 is 1.17 bits per heavy atom. The van der Waals surface area contributed by atoms with E-state index in [-0.39, 0.29) is 0 Å². The van der Waals surface area contributed by atoms with E-state index >= 15 is 0 Å². The van der Waals surface area contributed by atoms with Crippen LogP contribution in [0, 0.1) is 23.2 Å². The maximum Gasteiger partial charge on any atom is 0.0956 e. The third-order valence-electron chi connectivity index (χ3n) is 3.16. The summed E-state index contributed by atoms with van der Waals surface area (Å²) < 4.78 is 0. The molecule has 0 atom stereocenters. The number of hydrogen-bond donors (Lipinski definition) is 0. The summed E-state index contributed by atoms with van der Waals surface area (Å²) in [6.45, 7) is 4.25. The van der Waals surface area contributed by atoms with Crippen molar-refractivity contribution in [2.24, 2.45) is 0 Å². The molecule has 96 valence electrons. The predicted octanol–water partition coefficient (Wildman–Crippen LogP) is 4.91. The third-order valence-corrected chi connectivity index (χ3v) is 3.16. The van der Waals surface area contributed by atoms with Crippen molar-refractivity contribution in [2.45, 2.75) is 65.2 Å². The summed E-state index contributed by atoms with van der Waals surface area (Å²) in [6.07, 6.45) is 10.9. The minimum atomic E-state index is 0.861. The number of allylic oxidation sites excluding steroid dienone is 4. The zero-order chi connectivity index (χ0) is 13.2. The fraction of sp³-hybridized carbons (Fsp3) is 0.588. The molecule has 0 aromatic heterocycles. The van der Waals surface area contributed by atoms with Gasteiger partial charge in [-0.1, -0.05) is 44.6 Å². The number of rotatable bonds is 4. The summed E-state index contributed by atoms with van der Waals surface area (Å²) in [6, 6.07) is 2.33. The molecule has 0 fully saturated rings. The van der Waals surface area contributed by atoms with Crippen molar-refractivity contribution in [3.63, 3.8) is 0 Å². The summed E-state index contributed by atoms with van der Waals surface area (Å²) >= 11 is 0. The topological polar surface area (TPSA) is 23.8 Å². The second-order valence-electron chi connectivity index (χ2n) is 4.79. The first-order valence-corrected chi connectivity index (χ1v) is 7.15. The van der Waals surface area contributed by atoms with E-state index in [1.165, 1.54) is 18.4 Å². The molecule has 0 aromatic rings. The van der Waals surface area contributed by atoms with E-state index in [0.717, 1.165) is 49.7 Å². The molecule has 1 rings (SSSR count). The van der Waals surface area contributed by atoms with Crippen molar-refractivity contribution >= 4 is 0 Å². The Balaban J connectivity index is 2.89. The van der Waals surface area contributed by atoms with Crippen LogP contribution in [-0.4, -0.2) is 0 Å². The van der Waals surface area contributed by atoms with E-state index in [4.69, 9.17) is 0 Å². The molecule has 0 aromatic carbocycles. The van der Waals surface area contributed by atoms with Gasteiger partial charge in [-0.2, -0.15) is 5.26 Å². The van der Waals surface area contributed by atoms with Crippen LogP contribution in [0.1, 0.15) is 65.2 Å². The Hall–Kier alpha value is -1.47. The lowest BCUT2D eigenvalue weighted by atomic mass is 9.97. The molecule has 18 heavy (non-hydrogen) atoms. The smallest absolute Gasteiger partial charge is 0.0956 e. The summed E-state index contributed by atoms with van der Waals surface area (Å²) in [4.78, 5) is 0. The Morgan fingerprint density at radius 2 is 1.89 bits per heavy atom. The van der Waals surface area contributed by atoms with Gasteiger partial charge >= 0.3 is 0 Å². The molecule has 0 radical (unpaired) electrons. The highest BCUT2D eigenvalue weighted by Gasteiger charge is 2.04.